The van der Waals surface area contributed by atoms with Crippen molar-refractivity contribution in [3.8, 4) is 5.75 Å². The minimum Gasteiger partial charge on any atom is -0.496 e. The van der Waals surface area contributed by atoms with E-state index in [-0.39, 0.29) is 5.41 Å². The fourth-order valence-corrected chi connectivity index (χ4v) is 3.22. The van der Waals surface area contributed by atoms with Gasteiger partial charge in [0.05, 0.1) is 7.11 Å². The fourth-order valence-electron chi connectivity index (χ4n) is 3.22. The molecule has 0 unspecified atom stereocenters. The maximum atomic E-state index is 5.56. The Morgan fingerprint density at radius 2 is 2.05 bits per heavy atom. The molecule has 4 heteroatoms. The maximum Gasteiger partial charge on any atom is 0.128 e. The lowest BCUT2D eigenvalue weighted by atomic mass is 9.75. The van der Waals surface area contributed by atoms with Crippen LogP contribution in [0.3, 0.4) is 0 Å². The lowest BCUT2D eigenvalue weighted by Gasteiger charge is -2.37. The van der Waals surface area contributed by atoms with Gasteiger partial charge in [-0.05, 0) is 45.1 Å². The molecule has 1 aliphatic heterocycles. The van der Waals surface area contributed by atoms with Crippen LogP contribution in [-0.4, -0.2) is 38.4 Å². The number of hydrogen-bond acceptors (Lipinski definition) is 4. The van der Waals surface area contributed by atoms with Crippen molar-refractivity contribution in [2.75, 3.05) is 33.4 Å². The summed E-state index contributed by atoms with van der Waals surface area (Å²) in [5.41, 5.74) is 3.70. The maximum absolute atomic E-state index is 5.56. The van der Waals surface area contributed by atoms with Gasteiger partial charge in [0.25, 0.3) is 0 Å². The normalized spacial score (nSPS) is 17.7. The van der Waals surface area contributed by atoms with Crippen LogP contribution in [0.25, 0.3) is 0 Å². The molecule has 1 fully saturated rings. The number of nitrogens with zero attached hydrogens (tertiary/aromatic N) is 1. The fraction of sp³-hybridized carbons (Fsp3) is 0.706. The Labute approximate surface area is 128 Å². The largest absolute Gasteiger partial charge is 0.496 e. The van der Waals surface area contributed by atoms with Crippen molar-refractivity contribution >= 4 is 0 Å². The van der Waals surface area contributed by atoms with E-state index in [2.05, 4.69) is 24.1 Å². The Kier molecular flexibility index (Phi) is 5.59. The van der Waals surface area contributed by atoms with Crippen LogP contribution in [-0.2, 0) is 11.2 Å². The number of aromatic nitrogens is 1. The zero-order valence-corrected chi connectivity index (χ0v) is 13.8. The first-order valence-corrected chi connectivity index (χ1v) is 7.89. The highest BCUT2D eigenvalue weighted by molar-refractivity contribution is 5.41. The molecule has 0 amide bonds. The number of rotatable bonds is 6. The van der Waals surface area contributed by atoms with Crippen LogP contribution in [0.2, 0.25) is 0 Å². The molecule has 0 saturated carbocycles. The molecule has 0 bridgehead atoms. The van der Waals surface area contributed by atoms with E-state index >= 15 is 0 Å². The highest BCUT2D eigenvalue weighted by Gasteiger charge is 2.33. The summed E-state index contributed by atoms with van der Waals surface area (Å²) in [5.74, 6) is 0.977. The van der Waals surface area contributed by atoms with Gasteiger partial charge < -0.3 is 14.8 Å². The summed E-state index contributed by atoms with van der Waals surface area (Å²) in [6, 6.07) is 0. The standard InChI is InChI=1S/C17H28N2O2/c1-5-18-12-17(6-8-21-9-7-17)10-15-14(3)16(20-4)13(2)11-19-15/h11,18H,5-10,12H2,1-4H3. The van der Waals surface area contributed by atoms with Gasteiger partial charge in [-0.25, -0.2) is 0 Å². The van der Waals surface area contributed by atoms with Crippen LogP contribution in [0.5, 0.6) is 5.75 Å². The van der Waals surface area contributed by atoms with Gasteiger partial charge in [0, 0.05) is 42.8 Å². The van der Waals surface area contributed by atoms with E-state index in [1.165, 1.54) is 5.56 Å². The highest BCUT2D eigenvalue weighted by atomic mass is 16.5. The van der Waals surface area contributed by atoms with E-state index < -0.39 is 0 Å². The average molecular weight is 292 g/mol. The van der Waals surface area contributed by atoms with Crippen LogP contribution in [0.4, 0.5) is 0 Å². The summed E-state index contributed by atoms with van der Waals surface area (Å²) in [6.07, 6.45) is 5.11. The smallest absolute Gasteiger partial charge is 0.128 e. The van der Waals surface area contributed by atoms with Crippen molar-refractivity contribution in [1.29, 1.82) is 0 Å². The first-order chi connectivity index (χ1) is 10.1. The monoisotopic (exact) mass is 292 g/mol. The van der Waals surface area contributed by atoms with Gasteiger partial charge in [-0.1, -0.05) is 6.92 Å². The summed E-state index contributed by atoms with van der Waals surface area (Å²) in [4.78, 5) is 4.69. The molecule has 2 heterocycles. The molecule has 1 aromatic heterocycles. The third kappa shape index (κ3) is 3.74. The Morgan fingerprint density at radius 1 is 1.33 bits per heavy atom. The minimum atomic E-state index is 0.256. The first kappa shape index (κ1) is 16.2. The quantitative estimate of drug-likeness (QED) is 0.875. The topological polar surface area (TPSA) is 43.4 Å². The Bertz CT molecular complexity index is 468. The molecule has 1 aliphatic rings. The lowest BCUT2D eigenvalue weighted by Crippen LogP contribution is -2.41. The number of nitrogens with one attached hydrogen (secondary N) is 1. The second kappa shape index (κ2) is 7.23. The summed E-state index contributed by atoms with van der Waals surface area (Å²) in [7, 11) is 1.74. The van der Waals surface area contributed by atoms with Crippen molar-refractivity contribution < 1.29 is 9.47 Å². The average Bonchev–Trinajstić information content (AvgIpc) is 2.50. The molecule has 0 radical (unpaired) electrons. The van der Waals surface area contributed by atoms with E-state index in [1.54, 1.807) is 7.11 Å². The van der Waals surface area contributed by atoms with Gasteiger partial charge in [0.1, 0.15) is 5.75 Å². The van der Waals surface area contributed by atoms with Gasteiger partial charge in [0.15, 0.2) is 0 Å². The van der Waals surface area contributed by atoms with E-state index in [4.69, 9.17) is 9.47 Å². The molecule has 4 nitrogen and oxygen atoms in total. The third-order valence-electron chi connectivity index (χ3n) is 4.60. The molecular formula is C17H28N2O2. The number of methoxy groups -OCH3 is 1. The Morgan fingerprint density at radius 3 is 2.67 bits per heavy atom. The summed E-state index contributed by atoms with van der Waals surface area (Å²) in [6.45, 7) is 10.1. The molecule has 1 N–H and O–H groups in total. The van der Waals surface area contributed by atoms with E-state index in [9.17, 15) is 0 Å². The second-order valence-electron chi connectivity index (χ2n) is 6.12. The van der Waals surface area contributed by atoms with Crippen molar-refractivity contribution in [1.82, 2.24) is 10.3 Å². The van der Waals surface area contributed by atoms with Gasteiger partial charge in [-0.15, -0.1) is 0 Å². The molecule has 0 aromatic carbocycles. The predicted molar refractivity (Wildman–Crippen MR) is 85.0 cm³/mol. The van der Waals surface area contributed by atoms with Crippen LogP contribution in [0.1, 0.15) is 36.6 Å². The lowest BCUT2D eigenvalue weighted by molar-refractivity contribution is 0.0146. The molecule has 118 valence electrons. The minimum absolute atomic E-state index is 0.256. The van der Waals surface area contributed by atoms with Gasteiger partial charge >= 0.3 is 0 Å². The predicted octanol–water partition coefficient (Wildman–Crippen LogP) is 2.66. The number of aryl methyl sites for hydroxylation is 1. The second-order valence-corrected chi connectivity index (χ2v) is 6.12. The summed E-state index contributed by atoms with van der Waals surface area (Å²) in [5, 5.41) is 3.52. The van der Waals surface area contributed by atoms with Gasteiger partial charge in [-0.2, -0.15) is 0 Å². The van der Waals surface area contributed by atoms with E-state index in [0.717, 1.165) is 62.6 Å². The van der Waals surface area contributed by atoms with E-state index in [1.807, 2.05) is 13.1 Å². The van der Waals surface area contributed by atoms with Gasteiger partial charge in [0.2, 0.25) is 0 Å². The summed E-state index contributed by atoms with van der Waals surface area (Å²) < 4.78 is 11.1. The molecule has 21 heavy (non-hydrogen) atoms. The summed E-state index contributed by atoms with van der Waals surface area (Å²) >= 11 is 0. The van der Waals surface area contributed by atoms with Crippen molar-refractivity contribution in [2.24, 2.45) is 5.41 Å². The van der Waals surface area contributed by atoms with Crippen molar-refractivity contribution in [2.45, 2.75) is 40.0 Å². The van der Waals surface area contributed by atoms with E-state index in [0.29, 0.717) is 0 Å². The molecule has 0 spiro atoms. The number of hydrogen-bond donors (Lipinski definition) is 1. The Balaban J connectivity index is 2.24. The molecule has 0 atom stereocenters. The number of ether oxygens (including phenoxy) is 2. The zero-order chi connectivity index (χ0) is 15.3. The molecular weight excluding hydrogens is 264 g/mol. The van der Waals surface area contributed by atoms with Crippen LogP contribution in [0, 0.1) is 19.3 Å². The SMILES string of the molecule is CCNCC1(Cc2ncc(C)c(OC)c2C)CCOCC1. The molecule has 1 saturated heterocycles. The first-order valence-electron chi connectivity index (χ1n) is 7.89. The zero-order valence-electron chi connectivity index (χ0n) is 13.8. The Hall–Kier alpha value is -1.13. The van der Waals surface area contributed by atoms with Crippen LogP contribution < -0.4 is 10.1 Å². The molecule has 2 rings (SSSR count). The van der Waals surface area contributed by atoms with Crippen molar-refractivity contribution in [3.63, 3.8) is 0 Å². The van der Waals surface area contributed by atoms with Crippen LogP contribution in [0.15, 0.2) is 6.20 Å². The van der Waals surface area contributed by atoms with Crippen LogP contribution >= 0.6 is 0 Å². The molecule has 1 aromatic rings. The molecule has 0 aliphatic carbocycles. The highest BCUT2D eigenvalue weighted by Crippen LogP contribution is 2.36. The number of pyridine rings is 1. The third-order valence-corrected chi connectivity index (χ3v) is 4.60. The van der Waals surface area contributed by atoms with Gasteiger partial charge in [-0.3, -0.25) is 4.98 Å². The van der Waals surface area contributed by atoms with Crippen molar-refractivity contribution in [3.05, 3.63) is 23.0 Å².